The zero-order chi connectivity index (χ0) is 37.6. The Labute approximate surface area is 317 Å². The summed E-state index contributed by atoms with van der Waals surface area (Å²) >= 11 is 1.41. The van der Waals surface area contributed by atoms with Gasteiger partial charge in [0.05, 0.1) is 17.5 Å². The lowest BCUT2D eigenvalue weighted by molar-refractivity contribution is -0.125. The Kier molecular flexibility index (Phi) is 14.1. The molecule has 0 radical (unpaired) electrons. The summed E-state index contributed by atoms with van der Waals surface area (Å²) in [7, 11) is 0. The molecule has 276 valence electrons. The molecule has 3 aromatic carbocycles. The third kappa shape index (κ3) is 11.7. The number of hydrogen-bond donors (Lipinski definition) is 2. The molecule has 2 unspecified atom stereocenters. The molecule has 0 saturated carbocycles. The van der Waals surface area contributed by atoms with E-state index in [4.69, 9.17) is 4.74 Å². The molecule has 0 spiro atoms. The van der Waals surface area contributed by atoms with E-state index in [1.54, 1.807) is 6.07 Å². The summed E-state index contributed by atoms with van der Waals surface area (Å²) in [5, 5.41) is 5.79. The minimum atomic E-state index is -0.912. The standard InChI is InChI=1S/C44H50N4O4S/c1-5-6-7-8-12-25-52-37-21-19-33(20-22-37)35-28-45-41(46-29-35)34-17-15-32(16-18-34)27-38(48-43(51)39-23-24-40(53-39)44(2,3)4)42(50)47-36(30-49)26-31-13-10-9-11-14-31/h9-11,13-24,28-30,36,38H,5-8,12,25-27H2,1-4H3,(H,47,50)(H,48,51). The molecular weight excluding hydrogens is 681 g/mol. The zero-order valence-electron chi connectivity index (χ0n) is 31.1. The van der Waals surface area contributed by atoms with Crippen LogP contribution in [0.4, 0.5) is 0 Å². The number of aldehydes is 1. The second-order valence-electron chi connectivity index (χ2n) is 14.4. The number of thiophene rings is 1. The zero-order valence-corrected chi connectivity index (χ0v) is 32.0. The highest BCUT2D eigenvalue weighted by molar-refractivity contribution is 7.14. The van der Waals surface area contributed by atoms with Crippen molar-refractivity contribution in [3.8, 4) is 28.3 Å². The molecule has 0 aliphatic rings. The summed E-state index contributed by atoms with van der Waals surface area (Å²) in [4.78, 5) is 50.0. The summed E-state index contributed by atoms with van der Waals surface area (Å²) in [6.45, 7) is 9.23. The van der Waals surface area contributed by atoms with Crippen LogP contribution in [0.1, 0.15) is 85.5 Å². The van der Waals surface area contributed by atoms with Gasteiger partial charge in [-0.25, -0.2) is 9.97 Å². The van der Waals surface area contributed by atoms with Gasteiger partial charge >= 0.3 is 0 Å². The van der Waals surface area contributed by atoms with Gasteiger partial charge in [0.25, 0.3) is 5.91 Å². The molecule has 5 rings (SSSR count). The number of carbonyl (C=O) groups is 3. The molecule has 9 heteroatoms. The molecule has 0 fully saturated rings. The van der Waals surface area contributed by atoms with Crippen molar-refractivity contribution in [1.82, 2.24) is 20.6 Å². The van der Waals surface area contributed by atoms with Crippen LogP contribution in [-0.2, 0) is 27.8 Å². The van der Waals surface area contributed by atoms with Crippen LogP contribution in [0.3, 0.4) is 0 Å². The predicted molar refractivity (Wildman–Crippen MR) is 213 cm³/mol. The first-order valence-corrected chi connectivity index (χ1v) is 19.3. The largest absolute Gasteiger partial charge is 0.494 e. The lowest BCUT2D eigenvalue weighted by atomic mass is 9.95. The smallest absolute Gasteiger partial charge is 0.262 e. The second-order valence-corrected chi connectivity index (χ2v) is 15.4. The fourth-order valence-electron chi connectivity index (χ4n) is 5.88. The maximum Gasteiger partial charge on any atom is 0.262 e. The SMILES string of the molecule is CCCCCCCOc1ccc(-c2cnc(-c3ccc(CC(NC(=O)c4ccc(C(C)(C)C)s4)C(=O)NC(C=O)Cc4ccccc4)cc3)nc2)cc1. The Morgan fingerprint density at radius 2 is 1.42 bits per heavy atom. The molecule has 2 amide bonds. The van der Waals surface area contributed by atoms with Crippen molar-refractivity contribution >= 4 is 29.4 Å². The number of amides is 2. The molecule has 0 aliphatic carbocycles. The van der Waals surface area contributed by atoms with Crippen LogP contribution < -0.4 is 15.4 Å². The van der Waals surface area contributed by atoms with E-state index >= 15 is 0 Å². The van der Waals surface area contributed by atoms with Gasteiger partial charge in [-0.3, -0.25) is 9.59 Å². The van der Waals surface area contributed by atoms with Crippen molar-refractivity contribution in [1.29, 1.82) is 0 Å². The van der Waals surface area contributed by atoms with Crippen LogP contribution in [0.25, 0.3) is 22.5 Å². The Morgan fingerprint density at radius 3 is 2.06 bits per heavy atom. The number of carbonyl (C=O) groups excluding carboxylic acids is 3. The van der Waals surface area contributed by atoms with E-state index in [2.05, 4.69) is 48.3 Å². The minimum absolute atomic E-state index is 0.103. The van der Waals surface area contributed by atoms with Crippen LogP contribution in [0.15, 0.2) is 103 Å². The lowest BCUT2D eigenvalue weighted by Crippen LogP contribution is -2.51. The number of benzene rings is 3. The van der Waals surface area contributed by atoms with E-state index < -0.39 is 18.0 Å². The topological polar surface area (TPSA) is 110 Å². The molecule has 5 aromatic rings. The van der Waals surface area contributed by atoms with Crippen LogP contribution >= 0.6 is 11.3 Å². The van der Waals surface area contributed by atoms with E-state index in [1.807, 2.05) is 97.3 Å². The number of unbranched alkanes of at least 4 members (excludes halogenated alkanes) is 4. The molecule has 2 aromatic heterocycles. The van der Waals surface area contributed by atoms with Gasteiger partial charge in [-0.15, -0.1) is 11.3 Å². The Bertz CT molecular complexity index is 1900. The van der Waals surface area contributed by atoms with E-state index in [-0.39, 0.29) is 17.7 Å². The predicted octanol–water partition coefficient (Wildman–Crippen LogP) is 8.79. The molecule has 2 atom stereocenters. The highest BCUT2D eigenvalue weighted by Gasteiger charge is 2.26. The Balaban J connectivity index is 1.24. The van der Waals surface area contributed by atoms with Gasteiger partial charge in [-0.2, -0.15) is 0 Å². The quantitative estimate of drug-likeness (QED) is 0.0689. The van der Waals surface area contributed by atoms with Gasteiger partial charge in [-0.1, -0.05) is 120 Å². The van der Waals surface area contributed by atoms with Crippen LogP contribution in [-0.4, -0.2) is 46.8 Å². The fraction of sp³-hybridized carbons (Fsp3) is 0.341. The van der Waals surface area contributed by atoms with Crippen LogP contribution in [0.5, 0.6) is 5.75 Å². The maximum atomic E-state index is 13.7. The van der Waals surface area contributed by atoms with Gasteiger partial charge in [0.1, 0.15) is 18.1 Å². The van der Waals surface area contributed by atoms with Gasteiger partial charge in [-0.05, 0) is 59.2 Å². The molecular formula is C44H50N4O4S. The molecule has 2 N–H and O–H groups in total. The Hall–Kier alpha value is -5.15. The number of hydrogen-bond acceptors (Lipinski definition) is 7. The average Bonchev–Trinajstić information content (AvgIpc) is 3.69. The highest BCUT2D eigenvalue weighted by atomic mass is 32.1. The third-order valence-electron chi connectivity index (χ3n) is 8.99. The number of nitrogens with zero attached hydrogens (tertiary/aromatic N) is 2. The van der Waals surface area contributed by atoms with Gasteiger partial charge in [0, 0.05) is 34.8 Å². The molecule has 8 nitrogen and oxygen atoms in total. The molecule has 53 heavy (non-hydrogen) atoms. The number of nitrogens with one attached hydrogen (secondary N) is 2. The third-order valence-corrected chi connectivity index (χ3v) is 10.5. The summed E-state index contributed by atoms with van der Waals surface area (Å²) in [6, 6.07) is 27.2. The number of aromatic nitrogens is 2. The maximum absolute atomic E-state index is 13.7. The monoisotopic (exact) mass is 730 g/mol. The fourth-order valence-corrected chi connectivity index (χ4v) is 6.84. The summed E-state index contributed by atoms with van der Waals surface area (Å²) < 4.78 is 5.91. The first-order chi connectivity index (χ1) is 25.6. The summed E-state index contributed by atoms with van der Waals surface area (Å²) in [5.41, 5.74) is 4.39. The van der Waals surface area contributed by atoms with Crippen molar-refractivity contribution in [3.63, 3.8) is 0 Å². The van der Waals surface area contributed by atoms with Crippen LogP contribution in [0, 0.1) is 0 Å². The van der Waals surface area contributed by atoms with E-state index in [0.717, 1.165) is 57.8 Å². The summed E-state index contributed by atoms with van der Waals surface area (Å²) in [5.74, 6) is 0.677. The second kappa shape index (κ2) is 19.1. The minimum Gasteiger partial charge on any atom is -0.494 e. The highest BCUT2D eigenvalue weighted by Crippen LogP contribution is 2.30. The van der Waals surface area contributed by atoms with Crippen molar-refractivity contribution < 1.29 is 19.1 Å². The van der Waals surface area contributed by atoms with Crippen LogP contribution in [0.2, 0.25) is 0 Å². The van der Waals surface area contributed by atoms with Gasteiger partial charge in [0.2, 0.25) is 5.91 Å². The first kappa shape index (κ1) is 39.1. The van der Waals surface area contributed by atoms with E-state index in [1.165, 1.54) is 37.0 Å². The van der Waals surface area contributed by atoms with Crippen molar-refractivity contribution in [2.75, 3.05) is 6.61 Å². The number of ether oxygens (including phenoxy) is 1. The number of rotatable bonds is 18. The molecule has 0 bridgehead atoms. The Morgan fingerprint density at radius 1 is 0.755 bits per heavy atom. The lowest BCUT2D eigenvalue weighted by Gasteiger charge is -2.21. The molecule has 0 aliphatic heterocycles. The summed E-state index contributed by atoms with van der Waals surface area (Å²) in [6.07, 6.45) is 11.0. The van der Waals surface area contributed by atoms with Crippen molar-refractivity contribution in [2.24, 2.45) is 0 Å². The van der Waals surface area contributed by atoms with E-state index in [9.17, 15) is 14.4 Å². The van der Waals surface area contributed by atoms with Gasteiger partial charge in [0.15, 0.2) is 5.82 Å². The average molecular weight is 731 g/mol. The van der Waals surface area contributed by atoms with Crippen molar-refractivity contribution in [2.45, 2.75) is 90.1 Å². The van der Waals surface area contributed by atoms with Gasteiger partial charge < -0.3 is 20.2 Å². The normalized spacial score (nSPS) is 12.5. The molecule has 2 heterocycles. The van der Waals surface area contributed by atoms with E-state index in [0.29, 0.717) is 17.1 Å². The molecule has 0 saturated heterocycles. The van der Waals surface area contributed by atoms with Crippen molar-refractivity contribution in [3.05, 3.63) is 124 Å². The first-order valence-electron chi connectivity index (χ1n) is 18.5.